The number of rotatable bonds is 6. The van der Waals surface area contributed by atoms with E-state index in [1.165, 1.54) is 6.92 Å². The molecule has 26 heavy (non-hydrogen) atoms. The van der Waals surface area contributed by atoms with Crippen molar-refractivity contribution < 1.29 is 23.9 Å². The first-order valence-electron chi connectivity index (χ1n) is 8.02. The minimum absolute atomic E-state index is 0.168. The third-order valence-electron chi connectivity index (χ3n) is 3.91. The number of hydrogen-bond donors (Lipinski definition) is 2. The van der Waals surface area contributed by atoms with Crippen molar-refractivity contribution in [3.63, 3.8) is 0 Å². The molecule has 0 aliphatic carbocycles. The third kappa shape index (κ3) is 3.62. The third-order valence-corrected chi connectivity index (χ3v) is 4.68. The van der Waals surface area contributed by atoms with Crippen LogP contribution in [0.4, 0.5) is 5.00 Å². The van der Waals surface area contributed by atoms with Crippen molar-refractivity contribution in [2.45, 2.75) is 40.7 Å². The fraction of sp³-hybridized carbons (Fsp3) is 0.412. The predicted octanol–water partition coefficient (Wildman–Crippen LogP) is 2.58. The maximum Gasteiger partial charge on any atom is 0.343 e. The van der Waals surface area contributed by atoms with Crippen molar-refractivity contribution in [3.8, 4) is 0 Å². The summed E-state index contributed by atoms with van der Waals surface area (Å²) in [5, 5.41) is 0.239. The van der Waals surface area contributed by atoms with E-state index in [9.17, 15) is 14.4 Å². The van der Waals surface area contributed by atoms with Crippen LogP contribution in [0.3, 0.4) is 0 Å². The van der Waals surface area contributed by atoms with Gasteiger partial charge in [-0.3, -0.25) is 4.79 Å². The molecule has 3 N–H and O–H groups in total. The van der Waals surface area contributed by atoms with Crippen LogP contribution in [0.2, 0.25) is 0 Å². The Balaban J connectivity index is 2.22. The molecule has 0 saturated carbocycles. The number of Topliss-reactive ketones (excluding diaryl/α,β-unsaturated/α-hetero) is 1. The zero-order valence-corrected chi connectivity index (χ0v) is 16.1. The number of nitrogen functional groups attached to an aromatic ring is 1. The molecule has 0 unspecified atom stereocenters. The first-order valence-corrected chi connectivity index (χ1v) is 8.79. The van der Waals surface area contributed by atoms with Gasteiger partial charge in [0.05, 0.1) is 23.6 Å². The molecule has 2 aromatic rings. The Morgan fingerprint density at radius 2 is 1.85 bits per heavy atom. The molecule has 2 rings (SSSR count). The van der Waals surface area contributed by atoms with E-state index in [1.807, 2.05) is 0 Å². The summed E-state index contributed by atoms with van der Waals surface area (Å²) in [6, 6.07) is 0. The molecule has 9 heteroatoms. The summed E-state index contributed by atoms with van der Waals surface area (Å²) in [5.41, 5.74) is 7.85. The minimum Gasteiger partial charge on any atom is -0.462 e. The minimum atomic E-state index is -1.06. The van der Waals surface area contributed by atoms with Crippen LogP contribution in [0.15, 0.2) is 0 Å². The van der Waals surface area contributed by atoms with Crippen molar-refractivity contribution in [2.24, 2.45) is 0 Å². The van der Waals surface area contributed by atoms with Crippen LogP contribution < -0.4 is 5.73 Å². The Morgan fingerprint density at radius 1 is 1.19 bits per heavy atom. The number of H-pyrrole nitrogens is 1. The van der Waals surface area contributed by atoms with Crippen molar-refractivity contribution in [3.05, 3.63) is 33.8 Å². The van der Waals surface area contributed by atoms with E-state index in [0.717, 1.165) is 11.5 Å². The Kier molecular flexibility index (Phi) is 5.81. The van der Waals surface area contributed by atoms with Crippen LogP contribution in [0.5, 0.6) is 0 Å². The number of anilines is 1. The van der Waals surface area contributed by atoms with Gasteiger partial charge in [-0.25, -0.2) is 9.59 Å². The van der Waals surface area contributed by atoms with Gasteiger partial charge in [-0.2, -0.15) is 4.37 Å². The number of nitrogens with zero attached hydrogens (tertiary/aromatic N) is 1. The Hall–Kier alpha value is -2.68. The number of aromatic amines is 1. The Labute approximate surface area is 154 Å². The van der Waals surface area contributed by atoms with Gasteiger partial charge < -0.3 is 20.2 Å². The van der Waals surface area contributed by atoms with Gasteiger partial charge in [-0.1, -0.05) is 0 Å². The van der Waals surface area contributed by atoms with Gasteiger partial charge in [0, 0.05) is 5.69 Å². The molecule has 0 spiro atoms. The highest BCUT2D eigenvalue weighted by atomic mass is 32.1. The van der Waals surface area contributed by atoms with Crippen LogP contribution in [-0.4, -0.2) is 39.8 Å². The maximum absolute atomic E-state index is 12.7. The van der Waals surface area contributed by atoms with Crippen molar-refractivity contribution in [1.82, 2.24) is 9.36 Å². The lowest BCUT2D eigenvalue weighted by molar-refractivity contribution is 0.0317. The molecule has 0 aromatic carbocycles. The number of ether oxygens (including phenoxy) is 2. The Morgan fingerprint density at radius 3 is 2.38 bits per heavy atom. The second-order valence-corrected chi connectivity index (χ2v) is 6.57. The summed E-state index contributed by atoms with van der Waals surface area (Å²) in [5.74, 6) is -1.66. The van der Waals surface area contributed by atoms with E-state index in [2.05, 4.69) is 9.36 Å². The van der Waals surface area contributed by atoms with E-state index in [4.69, 9.17) is 15.2 Å². The molecule has 2 heterocycles. The smallest absolute Gasteiger partial charge is 0.343 e. The molecule has 0 radical (unpaired) electrons. The number of aromatic nitrogens is 2. The number of carbonyl (C=O) groups is 3. The second-order valence-electron chi connectivity index (χ2n) is 5.76. The molecule has 140 valence electrons. The average Bonchev–Trinajstić information content (AvgIpc) is 3.05. The van der Waals surface area contributed by atoms with Crippen LogP contribution in [-0.2, 0) is 9.47 Å². The first-order chi connectivity index (χ1) is 12.2. The molecular formula is C17H21N3O5S. The molecule has 0 bridgehead atoms. The molecule has 8 nitrogen and oxygen atoms in total. The summed E-state index contributed by atoms with van der Waals surface area (Å²) < 4.78 is 14.2. The lowest BCUT2D eigenvalue weighted by Crippen LogP contribution is -2.26. The van der Waals surface area contributed by atoms with Gasteiger partial charge in [0.2, 0.25) is 5.78 Å². The fourth-order valence-electron chi connectivity index (χ4n) is 2.62. The summed E-state index contributed by atoms with van der Waals surface area (Å²) >= 11 is 0.991. The van der Waals surface area contributed by atoms with Crippen molar-refractivity contribution in [1.29, 1.82) is 0 Å². The van der Waals surface area contributed by atoms with E-state index in [0.29, 0.717) is 22.5 Å². The van der Waals surface area contributed by atoms with Gasteiger partial charge in [0.15, 0.2) is 6.10 Å². The van der Waals surface area contributed by atoms with Crippen molar-refractivity contribution in [2.75, 3.05) is 12.3 Å². The molecule has 0 aliphatic rings. The number of ketones is 1. The highest BCUT2D eigenvalue weighted by molar-refractivity contribution is 7.10. The van der Waals surface area contributed by atoms with E-state index < -0.39 is 23.8 Å². The molecule has 0 saturated heterocycles. The van der Waals surface area contributed by atoms with Gasteiger partial charge in [-0.05, 0) is 51.7 Å². The van der Waals surface area contributed by atoms with Gasteiger partial charge in [0.1, 0.15) is 10.6 Å². The molecule has 0 aliphatic heterocycles. The van der Waals surface area contributed by atoms with E-state index >= 15 is 0 Å². The summed E-state index contributed by atoms with van der Waals surface area (Å²) in [7, 11) is 0. The van der Waals surface area contributed by atoms with Crippen LogP contribution in [0.25, 0.3) is 0 Å². The van der Waals surface area contributed by atoms with Crippen LogP contribution in [0, 0.1) is 20.8 Å². The standard InChI is InChI=1S/C17H21N3O5S/c1-6-24-16(22)11-7(2)13(19-8(11)3)14(21)10(5)25-17(23)12-9(4)20-26-15(12)18/h10,19H,6,18H2,1-5H3/t10-/m1/s1. The normalized spacial score (nSPS) is 11.9. The summed E-state index contributed by atoms with van der Waals surface area (Å²) in [6.45, 7) is 8.35. The molecule has 0 amide bonds. The summed E-state index contributed by atoms with van der Waals surface area (Å²) in [4.78, 5) is 39.9. The lowest BCUT2D eigenvalue weighted by atomic mass is 10.1. The zero-order valence-electron chi connectivity index (χ0n) is 15.3. The number of aryl methyl sites for hydroxylation is 2. The SMILES string of the molecule is CCOC(=O)c1c(C)[nH]c(C(=O)[C@@H](C)OC(=O)c2c(C)nsc2N)c1C. The first kappa shape index (κ1) is 19.6. The number of hydrogen-bond acceptors (Lipinski definition) is 8. The van der Waals surface area contributed by atoms with Crippen LogP contribution >= 0.6 is 11.5 Å². The number of carbonyl (C=O) groups excluding carboxylic acids is 3. The molecule has 0 fully saturated rings. The maximum atomic E-state index is 12.7. The predicted molar refractivity (Wildman–Crippen MR) is 96.7 cm³/mol. The highest BCUT2D eigenvalue weighted by Crippen LogP contribution is 2.24. The number of nitrogens with one attached hydrogen (secondary N) is 1. The number of nitrogens with two attached hydrogens (primary N) is 1. The van der Waals surface area contributed by atoms with E-state index in [-0.39, 0.29) is 22.9 Å². The fourth-order valence-corrected chi connectivity index (χ4v) is 3.27. The lowest BCUT2D eigenvalue weighted by Gasteiger charge is -2.12. The second kappa shape index (κ2) is 7.69. The molecular weight excluding hydrogens is 358 g/mol. The zero-order chi connectivity index (χ0) is 19.6. The Bertz CT molecular complexity index is 849. The summed E-state index contributed by atoms with van der Waals surface area (Å²) in [6.07, 6.45) is -1.06. The monoisotopic (exact) mass is 379 g/mol. The average molecular weight is 379 g/mol. The van der Waals surface area contributed by atoms with Gasteiger partial charge in [0.25, 0.3) is 0 Å². The van der Waals surface area contributed by atoms with E-state index in [1.54, 1.807) is 27.7 Å². The van der Waals surface area contributed by atoms with Crippen molar-refractivity contribution >= 4 is 34.3 Å². The van der Waals surface area contributed by atoms with Gasteiger partial charge >= 0.3 is 11.9 Å². The largest absolute Gasteiger partial charge is 0.462 e. The molecule has 2 aromatic heterocycles. The molecule has 1 atom stereocenters. The topological polar surface area (TPSA) is 124 Å². The van der Waals surface area contributed by atoms with Crippen LogP contribution in [0.1, 0.15) is 62.0 Å². The quantitative estimate of drug-likeness (QED) is 0.584. The van der Waals surface area contributed by atoms with Gasteiger partial charge in [-0.15, -0.1) is 0 Å². The highest BCUT2D eigenvalue weighted by Gasteiger charge is 2.29. The number of esters is 2.